The van der Waals surface area contributed by atoms with Gasteiger partial charge in [0.05, 0.1) is 12.2 Å². The maximum absolute atomic E-state index is 11.9. The van der Waals surface area contributed by atoms with E-state index in [1.807, 2.05) is 19.9 Å². The average molecular weight is 362 g/mol. The van der Waals surface area contributed by atoms with Gasteiger partial charge in [0.2, 0.25) is 5.91 Å². The van der Waals surface area contributed by atoms with Crippen LogP contribution in [0.3, 0.4) is 0 Å². The van der Waals surface area contributed by atoms with Crippen molar-refractivity contribution >= 4 is 12.4 Å². The zero-order valence-electron chi connectivity index (χ0n) is 15.6. The molecule has 144 valence electrons. The third-order valence-electron chi connectivity index (χ3n) is 4.63. The third kappa shape index (κ3) is 6.77. The van der Waals surface area contributed by atoms with Crippen LogP contribution in [0.2, 0.25) is 0 Å². The summed E-state index contributed by atoms with van der Waals surface area (Å²) in [5.41, 5.74) is 1.24. The lowest BCUT2D eigenvalue weighted by Gasteiger charge is -2.38. The van der Waals surface area contributed by atoms with E-state index in [0.717, 1.165) is 19.6 Å². The Bertz CT molecular complexity index is 560. The van der Waals surface area contributed by atoms with E-state index in [4.69, 9.17) is 14.6 Å². The summed E-state index contributed by atoms with van der Waals surface area (Å²) in [5.74, 6) is 0.860. The van der Waals surface area contributed by atoms with Crippen LogP contribution in [0.5, 0.6) is 0 Å². The lowest BCUT2D eigenvalue weighted by Crippen LogP contribution is -2.46. The predicted octanol–water partition coefficient (Wildman–Crippen LogP) is 2.45. The second kappa shape index (κ2) is 10.3. The molecule has 26 heavy (non-hydrogen) atoms. The van der Waals surface area contributed by atoms with Crippen LogP contribution in [0.1, 0.15) is 44.8 Å². The van der Waals surface area contributed by atoms with Crippen LogP contribution < -0.4 is 5.32 Å². The Kier molecular flexibility index (Phi) is 8.06. The highest BCUT2D eigenvalue weighted by Gasteiger charge is 2.38. The predicted molar refractivity (Wildman–Crippen MR) is 99.8 cm³/mol. The minimum absolute atomic E-state index is 0.128. The number of carboxylic acid groups (broad SMARTS) is 1. The average Bonchev–Trinajstić information content (AvgIpc) is 3.46. The summed E-state index contributed by atoms with van der Waals surface area (Å²) in [5, 5.41) is 9.86. The molecule has 1 heterocycles. The van der Waals surface area contributed by atoms with Gasteiger partial charge in [0.25, 0.3) is 6.47 Å². The van der Waals surface area contributed by atoms with E-state index in [9.17, 15) is 4.79 Å². The van der Waals surface area contributed by atoms with E-state index in [0.29, 0.717) is 18.4 Å². The summed E-state index contributed by atoms with van der Waals surface area (Å²) >= 11 is 0. The molecule has 2 atom stereocenters. The van der Waals surface area contributed by atoms with Gasteiger partial charge >= 0.3 is 0 Å². The van der Waals surface area contributed by atoms with E-state index < -0.39 is 0 Å². The first-order chi connectivity index (χ1) is 12.5. The number of nitrogens with one attached hydrogen (secondary N) is 1. The summed E-state index contributed by atoms with van der Waals surface area (Å²) in [7, 11) is 0. The molecule has 1 saturated carbocycles. The normalized spacial score (nSPS) is 23.0. The maximum Gasteiger partial charge on any atom is 0.290 e. The van der Waals surface area contributed by atoms with E-state index in [1.165, 1.54) is 18.4 Å². The Morgan fingerprint density at radius 3 is 2.54 bits per heavy atom. The van der Waals surface area contributed by atoms with Crippen LogP contribution >= 0.6 is 0 Å². The highest BCUT2D eigenvalue weighted by molar-refractivity contribution is 5.76. The fraction of sp³-hybridized carbons (Fsp3) is 0.600. The Hall–Kier alpha value is -1.92. The molecular weight excluding hydrogens is 332 g/mol. The molecule has 0 aromatic heterocycles. The first-order valence-electron chi connectivity index (χ1n) is 9.33. The summed E-state index contributed by atoms with van der Waals surface area (Å²) < 4.78 is 6.36. The van der Waals surface area contributed by atoms with Gasteiger partial charge in [0.1, 0.15) is 0 Å². The maximum atomic E-state index is 11.9. The molecule has 2 N–H and O–H groups in total. The van der Waals surface area contributed by atoms with E-state index in [2.05, 4.69) is 34.5 Å². The molecule has 1 aromatic rings. The number of carbonyl (C=O) groups excluding carboxylic acids is 1. The lowest BCUT2D eigenvalue weighted by molar-refractivity contribution is -0.124. The largest absolute Gasteiger partial charge is 0.483 e. The zero-order valence-corrected chi connectivity index (χ0v) is 15.6. The van der Waals surface area contributed by atoms with Gasteiger partial charge in [0, 0.05) is 32.1 Å². The Morgan fingerprint density at radius 1 is 1.31 bits per heavy atom. The van der Waals surface area contributed by atoms with Gasteiger partial charge in [-0.25, -0.2) is 0 Å². The van der Waals surface area contributed by atoms with Gasteiger partial charge in [-0.3, -0.25) is 14.5 Å². The molecule has 1 aliphatic carbocycles. The van der Waals surface area contributed by atoms with Crippen molar-refractivity contribution < 1.29 is 19.4 Å². The van der Waals surface area contributed by atoms with Crippen molar-refractivity contribution in [2.24, 2.45) is 5.92 Å². The van der Waals surface area contributed by atoms with Crippen molar-refractivity contribution in [3.05, 3.63) is 35.9 Å². The van der Waals surface area contributed by atoms with Crippen LogP contribution in [-0.4, -0.2) is 54.2 Å². The Labute approximate surface area is 155 Å². The van der Waals surface area contributed by atoms with Crippen LogP contribution in [0.25, 0.3) is 0 Å². The molecule has 6 heteroatoms. The second-order valence-electron chi connectivity index (χ2n) is 7.25. The topological polar surface area (TPSA) is 78.9 Å². The molecule has 1 amide bonds. The molecule has 1 aliphatic heterocycles. The molecule has 2 aliphatic rings. The van der Waals surface area contributed by atoms with Crippen LogP contribution in [0.15, 0.2) is 30.3 Å². The van der Waals surface area contributed by atoms with Gasteiger partial charge in [-0.1, -0.05) is 30.3 Å². The van der Waals surface area contributed by atoms with Gasteiger partial charge in [-0.05, 0) is 38.2 Å². The Balaban J connectivity index is 0.000000758. The third-order valence-corrected chi connectivity index (χ3v) is 4.63. The van der Waals surface area contributed by atoms with Gasteiger partial charge in [-0.15, -0.1) is 0 Å². The van der Waals surface area contributed by atoms with Crippen molar-refractivity contribution in [3.8, 4) is 0 Å². The van der Waals surface area contributed by atoms with E-state index >= 15 is 0 Å². The lowest BCUT2D eigenvalue weighted by atomic mass is 10.0. The quantitative estimate of drug-likeness (QED) is 0.760. The molecule has 0 unspecified atom stereocenters. The van der Waals surface area contributed by atoms with Crippen molar-refractivity contribution in [2.45, 2.75) is 51.4 Å². The first kappa shape index (κ1) is 20.4. The molecule has 2 fully saturated rings. The molecule has 6 nitrogen and oxygen atoms in total. The smallest absolute Gasteiger partial charge is 0.290 e. The number of benzene rings is 1. The fourth-order valence-corrected chi connectivity index (χ4v) is 3.28. The Morgan fingerprint density at radius 2 is 1.96 bits per heavy atom. The summed E-state index contributed by atoms with van der Waals surface area (Å²) in [4.78, 5) is 22.7. The molecule has 0 spiro atoms. The van der Waals surface area contributed by atoms with Crippen LogP contribution in [0, 0.1) is 5.92 Å². The number of amides is 1. The summed E-state index contributed by atoms with van der Waals surface area (Å²) in [6.45, 7) is 6.40. The minimum atomic E-state index is -0.250. The van der Waals surface area contributed by atoms with E-state index in [-0.39, 0.29) is 24.5 Å². The number of rotatable bonds is 6. The van der Waals surface area contributed by atoms with Crippen molar-refractivity contribution in [1.29, 1.82) is 0 Å². The van der Waals surface area contributed by atoms with Crippen molar-refractivity contribution in [3.63, 3.8) is 0 Å². The number of hydrogen-bond donors (Lipinski definition) is 2. The number of ether oxygens (including phenoxy) is 1. The molecule has 1 aromatic carbocycles. The van der Waals surface area contributed by atoms with Crippen molar-refractivity contribution in [1.82, 2.24) is 10.2 Å². The van der Waals surface area contributed by atoms with Gasteiger partial charge < -0.3 is 15.2 Å². The standard InChI is InChI=1S/C19H28N2O2.CH2O2/c1-14(2)20-19(22)10-11-21-12-17(15-6-4-3-5-7-15)23-18(13-21)16-8-9-16;2-1-3/h3-7,14,16-18H,8-13H2,1-2H3,(H,20,22);1H,(H,2,3)/t17-,18+;/m0./s1. The first-order valence-corrected chi connectivity index (χ1v) is 9.33. The molecule has 0 radical (unpaired) electrons. The monoisotopic (exact) mass is 362 g/mol. The zero-order chi connectivity index (χ0) is 18.9. The van der Waals surface area contributed by atoms with Crippen LogP contribution in [0.4, 0.5) is 0 Å². The molecule has 3 rings (SSSR count). The van der Waals surface area contributed by atoms with Crippen molar-refractivity contribution in [2.75, 3.05) is 19.6 Å². The minimum Gasteiger partial charge on any atom is -0.483 e. The number of hydrogen-bond acceptors (Lipinski definition) is 4. The molecule has 0 bridgehead atoms. The second-order valence-corrected chi connectivity index (χ2v) is 7.25. The highest BCUT2D eigenvalue weighted by Crippen LogP contribution is 2.39. The molecule has 1 saturated heterocycles. The highest BCUT2D eigenvalue weighted by atomic mass is 16.5. The SMILES string of the molecule is CC(C)NC(=O)CCN1C[C@@H](c2ccccc2)O[C@@H](C2CC2)C1.O=CO. The molecular formula is C20H30N2O4. The van der Waals surface area contributed by atoms with Gasteiger partial charge in [0.15, 0.2) is 0 Å². The number of morpholine rings is 1. The summed E-state index contributed by atoms with van der Waals surface area (Å²) in [6.07, 6.45) is 3.59. The summed E-state index contributed by atoms with van der Waals surface area (Å²) in [6, 6.07) is 10.7. The van der Waals surface area contributed by atoms with E-state index in [1.54, 1.807) is 0 Å². The number of carbonyl (C=O) groups is 2. The van der Waals surface area contributed by atoms with Gasteiger partial charge in [-0.2, -0.15) is 0 Å². The van der Waals surface area contributed by atoms with Crippen LogP contribution in [-0.2, 0) is 14.3 Å². The number of nitrogens with zero attached hydrogens (tertiary/aromatic N) is 1. The fourth-order valence-electron chi connectivity index (χ4n) is 3.28.